The van der Waals surface area contributed by atoms with Crippen LogP contribution < -0.4 is 0 Å². The Bertz CT molecular complexity index is 219. The molecule has 3 nitrogen and oxygen atoms in total. The van der Waals surface area contributed by atoms with Gasteiger partial charge in [0.2, 0.25) is 10.0 Å². The van der Waals surface area contributed by atoms with E-state index < -0.39 is 10.0 Å². The summed E-state index contributed by atoms with van der Waals surface area (Å²) < 4.78 is 22.7. The van der Waals surface area contributed by atoms with Crippen molar-refractivity contribution in [2.24, 2.45) is 0 Å². The number of rotatable bonds is 2. The summed E-state index contributed by atoms with van der Waals surface area (Å²) in [4.78, 5) is 0. The average Bonchev–Trinajstić information content (AvgIpc) is 2.39. The molecule has 4 heteroatoms. The summed E-state index contributed by atoms with van der Waals surface area (Å²) in [6.45, 7) is 4.09. The molecule has 1 rings (SSSR count). The molecule has 0 aromatic heterocycles. The number of nitrogens with zero attached hydrogens (tertiary/aromatic N) is 1. The lowest BCUT2D eigenvalue weighted by Gasteiger charge is -1.93. The third kappa shape index (κ3) is 1.31. The molecule has 9 heavy (non-hydrogen) atoms. The van der Waals surface area contributed by atoms with Crippen LogP contribution in [0.1, 0.15) is 0 Å². The van der Waals surface area contributed by atoms with E-state index in [0.717, 1.165) is 0 Å². The summed E-state index contributed by atoms with van der Waals surface area (Å²) in [5.74, 6) is 0. The van der Waals surface area contributed by atoms with Gasteiger partial charge in [-0.05, 0) is 0 Å². The quantitative estimate of drug-likeness (QED) is 0.401. The molecule has 1 aliphatic rings. The molecule has 0 aliphatic carbocycles. The van der Waals surface area contributed by atoms with Crippen LogP contribution in [0.4, 0.5) is 0 Å². The van der Waals surface area contributed by atoms with Gasteiger partial charge < -0.3 is 0 Å². The van der Waals surface area contributed by atoms with Gasteiger partial charge >= 0.3 is 0 Å². The van der Waals surface area contributed by atoms with Gasteiger partial charge in [-0.2, -0.15) is 4.31 Å². The first-order chi connectivity index (χ1) is 4.05. The summed E-state index contributed by atoms with van der Waals surface area (Å²) in [7, 11) is -2.93. The molecule has 0 amide bonds. The van der Waals surface area contributed by atoms with Gasteiger partial charge in [-0.25, -0.2) is 8.42 Å². The molecule has 1 aliphatic heterocycles. The molecule has 2 unspecified atom stereocenters. The maximum absolute atomic E-state index is 10.6. The first-order valence-electron chi connectivity index (χ1n) is 2.65. The highest BCUT2D eigenvalue weighted by Crippen LogP contribution is 2.21. The van der Waals surface area contributed by atoms with Crippen LogP contribution in [-0.2, 0) is 10.0 Å². The average molecular weight is 147 g/mol. The Balaban J connectivity index is 2.63. The first kappa shape index (κ1) is 6.77. The maximum atomic E-state index is 10.6. The van der Waals surface area contributed by atoms with Gasteiger partial charge in [0.15, 0.2) is 0 Å². The summed E-state index contributed by atoms with van der Waals surface area (Å²) in [5, 5.41) is 0. The van der Waals surface area contributed by atoms with Crippen molar-refractivity contribution in [3.05, 3.63) is 12.7 Å². The summed E-state index contributed by atoms with van der Waals surface area (Å²) >= 11 is 0. The fourth-order valence-electron chi connectivity index (χ4n) is 0.711. The van der Waals surface area contributed by atoms with Gasteiger partial charge in [-0.3, -0.25) is 0 Å². The first-order valence-corrected chi connectivity index (χ1v) is 4.50. The van der Waals surface area contributed by atoms with E-state index >= 15 is 0 Å². The van der Waals surface area contributed by atoms with Crippen LogP contribution in [0.2, 0.25) is 0 Å². The SMILES string of the molecule is C=CC1CN1S(C)(=O)=O. The Labute approximate surface area is 55.0 Å². The van der Waals surface area contributed by atoms with Gasteiger partial charge in [-0.15, -0.1) is 6.58 Å². The fourth-order valence-corrected chi connectivity index (χ4v) is 1.71. The van der Waals surface area contributed by atoms with Crippen LogP contribution in [-0.4, -0.2) is 31.6 Å². The van der Waals surface area contributed by atoms with Crippen molar-refractivity contribution in [1.82, 2.24) is 4.31 Å². The zero-order chi connectivity index (χ0) is 7.07. The van der Waals surface area contributed by atoms with Gasteiger partial charge in [0.05, 0.1) is 12.3 Å². The Morgan fingerprint density at radius 3 is 2.44 bits per heavy atom. The lowest BCUT2D eigenvalue weighted by atomic mass is 10.5. The van der Waals surface area contributed by atoms with E-state index in [0.29, 0.717) is 6.54 Å². The molecule has 0 N–H and O–H groups in total. The molecule has 1 fully saturated rings. The molecule has 0 aromatic carbocycles. The minimum absolute atomic E-state index is 0.0694. The molecule has 0 bridgehead atoms. The predicted molar refractivity (Wildman–Crippen MR) is 35.5 cm³/mol. The second kappa shape index (κ2) is 1.82. The van der Waals surface area contributed by atoms with E-state index in [4.69, 9.17) is 0 Å². The van der Waals surface area contributed by atoms with Crippen LogP contribution in [0, 0.1) is 0 Å². The number of sulfonamides is 1. The molecule has 0 aromatic rings. The molecule has 1 heterocycles. The monoisotopic (exact) mass is 147 g/mol. The largest absolute Gasteiger partial charge is 0.212 e. The highest BCUT2D eigenvalue weighted by molar-refractivity contribution is 7.88. The Morgan fingerprint density at radius 1 is 1.78 bits per heavy atom. The lowest BCUT2D eigenvalue weighted by Crippen LogP contribution is -2.10. The van der Waals surface area contributed by atoms with E-state index in [1.165, 1.54) is 10.6 Å². The molecular formula is C5H9NO2S. The third-order valence-electron chi connectivity index (χ3n) is 1.30. The Morgan fingerprint density at radius 2 is 2.33 bits per heavy atom. The Hall–Kier alpha value is -0.350. The zero-order valence-electron chi connectivity index (χ0n) is 5.24. The third-order valence-corrected chi connectivity index (χ3v) is 2.57. The second-order valence-electron chi connectivity index (χ2n) is 2.14. The molecule has 0 radical (unpaired) electrons. The number of hydrogen-bond acceptors (Lipinski definition) is 2. The van der Waals surface area contributed by atoms with Crippen LogP contribution in [0.15, 0.2) is 12.7 Å². The van der Waals surface area contributed by atoms with Crippen molar-refractivity contribution >= 4 is 10.0 Å². The smallest absolute Gasteiger partial charge is 0.211 e. The molecule has 0 saturated carbocycles. The Kier molecular flexibility index (Phi) is 1.36. The molecule has 1 saturated heterocycles. The minimum atomic E-state index is -2.93. The van der Waals surface area contributed by atoms with E-state index in [1.807, 2.05) is 0 Å². The van der Waals surface area contributed by atoms with Crippen molar-refractivity contribution in [1.29, 1.82) is 0 Å². The van der Waals surface area contributed by atoms with E-state index in [1.54, 1.807) is 6.08 Å². The summed E-state index contributed by atoms with van der Waals surface area (Å²) in [5.41, 5.74) is 0. The lowest BCUT2D eigenvalue weighted by molar-refractivity contribution is 0.565. The predicted octanol–water partition coefficient (Wildman–Crippen LogP) is -0.184. The highest BCUT2D eigenvalue weighted by atomic mass is 32.2. The summed E-state index contributed by atoms with van der Waals surface area (Å²) in [6.07, 6.45) is 2.84. The molecular weight excluding hydrogens is 138 g/mol. The highest BCUT2D eigenvalue weighted by Gasteiger charge is 2.38. The molecule has 52 valence electrons. The molecule has 0 spiro atoms. The van der Waals surface area contributed by atoms with E-state index in [-0.39, 0.29) is 6.04 Å². The van der Waals surface area contributed by atoms with Gasteiger partial charge in [0.25, 0.3) is 0 Å². The van der Waals surface area contributed by atoms with E-state index in [2.05, 4.69) is 6.58 Å². The van der Waals surface area contributed by atoms with Crippen LogP contribution in [0.25, 0.3) is 0 Å². The zero-order valence-corrected chi connectivity index (χ0v) is 6.06. The maximum Gasteiger partial charge on any atom is 0.211 e. The van der Waals surface area contributed by atoms with Crippen LogP contribution in [0.3, 0.4) is 0 Å². The standard InChI is InChI=1S/C5H9NO2S/c1-3-5-4-6(5)9(2,7)8/h3,5H,1,4H2,2H3. The van der Waals surface area contributed by atoms with Crippen molar-refractivity contribution in [2.45, 2.75) is 6.04 Å². The van der Waals surface area contributed by atoms with Gasteiger partial charge in [0.1, 0.15) is 0 Å². The van der Waals surface area contributed by atoms with Crippen LogP contribution in [0.5, 0.6) is 0 Å². The van der Waals surface area contributed by atoms with Crippen molar-refractivity contribution < 1.29 is 8.42 Å². The van der Waals surface area contributed by atoms with Crippen LogP contribution >= 0.6 is 0 Å². The second-order valence-corrected chi connectivity index (χ2v) is 4.07. The minimum Gasteiger partial charge on any atom is -0.212 e. The summed E-state index contributed by atoms with van der Waals surface area (Å²) in [6, 6.07) is 0.0694. The van der Waals surface area contributed by atoms with Crippen molar-refractivity contribution in [3.63, 3.8) is 0 Å². The molecule has 2 atom stereocenters. The van der Waals surface area contributed by atoms with Crippen molar-refractivity contribution in [3.8, 4) is 0 Å². The number of hydrogen-bond donors (Lipinski definition) is 0. The van der Waals surface area contributed by atoms with Crippen molar-refractivity contribution in [2.75, 3.05) is 12.8 Å². The topological polar surface area (TPSA) is 37.1 Å². The van der Waals surface area contributed by atoms with Gasteiger partial charge in [-0.1, -0.05) is 6.08 Å². The van der Waals surface area contributed by atoms with Gasteiger partial charge in [0, 0.05) is 6.54 Å². The van der Waals surface area contributed by atoms with E-state index in [9.17, 15) is 8.42 Å². The fraction of sp³-hybridized carbons (Fsp3) is 0.600. The normalized spacial score (nSPS) is 33.9.